The molecule has 1 fully saturated rings. The maximum absolute atomic E-state index is 11.6. The number of aromatic nitrogens is 1. The van der Waals surface area contributed by atoms with Crippen molar-refractivity contribution >= 4 is 5.97 Å². The van der Waals surface area contributed by atoms with Crippen molar-refractivity contribution in [1.29, 1.82) is 0 Å². The normalized spacial score (nSPS) is 14.3. The van der Waals surface area contributed by atoms with E-state index in [0.717, 1.165) is 53.2 Å². The lowest BCUT2D eigenvalue weighted by Crippen LogP contribution is -2.39. The third-order valence-corrected chi connectivity index (χ3v) is 6.97. The smallest absolute Gasteiger partial charge is 0.309 e. The number of aryl methyl sites for hydroxylation is 1. The summed E-state index contributed by atoms with van der Waals surface area (Å²) < 4.78 is 11.9. The number of aliphatic carboxylic acids is 1. The van der Waals surface area contributed by atoms with E-state index in [1.54, 1.807) is 0 Å². The molecule has 1 N–H and O–H groups in total. The lowest BCUT2D eigenvalue weighted by molar-refractivity contribution is -0.154. The zero-order chi connectivity index (χ0) is 24.3. The number of hydrogen-bond donors (Lipinski definition) is 1. The zero-order valence-electron chi connectivity index (χ0n) is 19.9. The average Bonchev–Trinajstić information content (AvgIpc) is 3.23. The van der Waals surface area contributed by atoms with Gasteiger partial charge in [-0.25, -0.2) is 4.98 Å². The van der Waals surface area contributed by atoms with Gasteiger partial charge in [-0.2, -0.15) is 0 Å². The van der Waals surface area contributed by atoms with Crippen molar-refractivity contribution in [3.63, 3.8) is 0 Å². The van der Waals surface area contributed by atoms with Crippen LogP contribution in [0, 0.1) is 12.3 Å². The molecule has 35 heavy (non-hydrogen) atoms. The molecular formula is C30H29NO4. The molecule has 0 unspecified atom stereocenters. The Balaban J connectivity index is 1.17. The number of oxazole rings is 1. The van der Waals surface area contributed by atoms with E-state index in [0.29, 0.717) is 25.3 Å². The first-order valence-electron chi connectivity index (χ1n) is 12.1. The molecule has 1 heterocycles. The van der Waals surface area contributed by atoms with Gasteiger partial charge in [0.05, 0.1) is 17.7 Å². The van der Waals surface area contributed by atoms with Crippen molar-refractivity contribution in [2.75, 3.05) is 6.61 Å². The van der Waals surface area contributed by atoms with E-state index < -0.39 is 11.4 Å². The van der Waals surface area contributed by atoms with Gasteiger partial charge >= 0.3 is 5.97 Å². The predicted molar refractivity (Wildman–Crippen MR) is 135 cm³/mol. The van der Waals surface area contributed by atoms with Gasteiger partial charge < -0.3 is 14.3 Å². The Morgan fingerprint density at radius 2 is 1.60 bits per heavy atom. The molecule has 1 aliphatic carbocycles. The number of hydrogen-bond acceptors (Lipinski definition) is 4. The molecule has 0 radical (unpaired) electrons. The molecule has 4 aromatic rings. The molecule has 5 nitrogen and oxygen atoms in total. The summed E-state index contributed by atoms with van der Waals surface area (Å²) in [7, 11) is 0. The van der Waals surface area contributed by atoms with Crippen LogP contribution in [0.15, 0.2) is 83.3 Å². The summed E-state index contributed by atoms with van der Waals surface area (Å²) >= 11 is 0. The van der Waals surface area contributed by atoms with Crippen LogP contribution in [0.5, 0.6) is 5.75 Å². The lowest BCUT2D eigenvalue weighted by atomic mass is 9.65. The molecule has 0 atom stereocenters. The number of ether oxygens (including phenoxy) is 1. The summed E-state index contributed by atoms with van der Waals surface area (Å²) in [5.41, 5.74) is 4.63. The third kappa shape index (κ3) is 4.99. The molecule has 1 aliphatic rings. The number of nitrogens with zero attached hydrogens (tertiary/aromatic N) is 1. The SMILES string of the molecule is Cc1oc(-c2ccc(-c3ccccc3)cc2)nc1CCOc1ccc(CC2(C(=O)O)CCC2)cc1. The maximum Gasteiger partial charge on any atom is 0.309 e. The van der Waals surface area contributed by atoms with Gasteiger partial charge in [0.15, 0.2) is 0 Å². The Hall–Kier alpha value is -3.86. The van der Waals surface area contributed by atoms with Gasteiger partial charge in [-0.15, -0.1) is 0 Å². The highest BCUT2D eigenvalue weighted by atomic mass is 16.5. The third-order valence-electron chi connectivity index (χ3n) is 6.97. The van der Waals surface area contributed by atoms with Crippen LogP contribution in [0.1, 0.15) is 36.3 Å². The molecular weight excluding hydrogens is 438 g/mol. The van der Waals surface area contributed by atoms with Gasteiger partial charge in [-0.3, -0.25) is 4.79 Å². The number of carboxylic acid groups (broad SMARTS) is 1. The van der Waals surface area contributed by atoms with E-state index in [4.69, 9.17) is 14.1 Å². The second-order valence-corrected chi connectivity index (χ2v) is 9.32. The van der Waals surface area contributed by atoms with E-state index in [2.05, 4.69) is 24.3 Å². The fourth-order valence-corrected chi connectivity index (χ4v) is 4.65. The minimum absolute atomic E-state index is 0.484. The number of carboxylic acids is 1. The van der Waals surface area contributed by atoms with Gasteiger partial charge in [-0.1, -0.05) is 61.0 Å². The first-order valence-corrected chi connectivity index (χ1v) is 12.1. The van der Waals surface area contributed by atoms with E-state index in [9.17, 15) is 9.90 Å². The minimum Gasteiger partial charge on any atom is -0.493 e. The Labute approximate surface area is 205 Å². The van der Waals surface area contributed by atoms with E-state index in [-0.39, 0.29) is 0 Å². The summed E-state index contributed by atoms with van der Waals surface area (Å²) in [6.45, 7) is 2.41. The van der Waals surface area contributed by atoms with Gasteiger partial charge in [0.2, 0.25) is 5.89 Å². The second-order valence-electron chi connectivity index (χ2n) is 9.32. The largest absolute Gasteiger partial charge is 0.493 e. The van der Waals surface area contributed by atoms with E-state index in [1.807, 2.05) is 61.5 Å². The monoisotopic (exact) mass is 467 g/mol. The van der Waals surface area contributed by atoms with Crippen LogP contribution in [0.2, 0.25) is 0 Å². The summed E-state index contributed by atoms with van der Waals surface area (Å²) in [4.78, 5) is 16.3. The maximum atomic E-state index is 11.6. The van der Waals surface area contributed by atoms with Crippen LogP contribution in [0.3, 0.4) is 0 Å². The van der Waals surface area contributed by atoms with Crippen molar-refractivity contribution < 1.29 is 19.1 Å². The Kier molecular flexibility index (Phi) is 6.41. The number of carbonyl (C=O) groups is 1. The minimum atomic E-state index is -0.682. The molecule has 5 heteroatoms. The summed E-state index contributed by atoms with van der Waals surface area (Å²) in [5.74, 6) is 1.50. The Morgan fingerprint density at radius 1 is 0.943 bits per heavy atom. The molecule has 0 bridgehead atoms. The van der Waals surface area contributed by atoms with Crippen LogP contribution >= 0.6 is 0 Å². The Morgan fingerprint density at radius 3 is 2.23 bits per heavy atom. The summed E-state index contributed by atoms with van der Waals surface area (Å²) in [5, 5.41) is 9.54. The van der Waals surface area contributed by atoms with E-state index >= 15 is 0 Å². The highest BCUT2D eigenvalue weighted by molar-refractivity contribution is 5.76. The van der Waals surface area contributed by atoms with Crippen molar-refractivity contribution in [2.24, 2.45) is 5.41 Å². The van der Waals surface area contributed by atoms with Crippen molar-refractivity contribution in [1.82, 2.24) is 4.98 Å². The second kappa shape index (κ2) is 9.79. The van der Waals surface area contributed by atoms with Crippen molar-refractivity contribution in [3.05, 3.63) is 95.9 Å². The molecule has 0 amide bonds. The Bertz CT molecular complexity index is 1290. The van der Waals surface area contributed by atoms with Gasteiger partial charge in [0.25, 0.3) is 0 Å². The first-order chi connectivity index (χ1) is 17.0. The first kappa shape index (κ1) is 22.9. The van der Waals surface area contributed by atoms with E-state index in [1.165, 1.54) is 5.56 Å². The van der Waals surface area contributed by atoms with Crippen LogP contribution in [0.25, 0.3) is 22.6 Å². The zero-order valence-corrected chi connectivity index (χ0v) is 19.9. The molecule has 1 saturated carbocycles. The molecule has 1 aromatic heterocycles. The molecule has 0 aliphatic heterocycles. The van der Waals surface area contributed by atoms with Crippen molar-refractivity contribution in [2.45, 2.75) is 39.0 Å². The highest BCUT2D eigenvalue weighted by Crippen LogP contribution is 2.44. The topological polar surface area (TPSA) is 72.6 Å². The lowest BCUT2D eigenvalue weighted by Gasteiger charge is -2.37. The summed E-state index contributed by atoms with van der Waals surface area (Å²) in [6, 6.07) is 26.3. The molecule has 0 saturated heterocycles. The number of benzene rings is 3. The number of rotatable bonds is 9. The van der Waals surface area contributed by atoms with Crippen LogP contribution < -0.4 is 4.74 Å². The molecule has 0 spiro atoms. The van der Waals surface area contributed by atoms with Gasteiger partial charge in [-0.05, 0) is 67.1 Å². The fourth-order valence-electron chi connectivity index (χ4n) is 4.65. The quantitative estimate of drug-likeness (QED) is 0.295. The fraction of sp³-hybridized carbons (Fsp3) is 0.267. The average molecular weight is 468 g/mol. The predicted octanol–water partition coefficient (Wildman–Crippen LogP) is 6.74. The van der Waals surface area contributed by atoms with Crippen molar-refractivity contribution in [3.8, 4) is 28.3 Å². The molecule has 3 aromatic carbocycles. The molecule has 178 valence electrons. The molecule has 5 rings (SSSR count). The standard InChI is InChI=1S/C30H29NO4/c1-21-27(31-28(35-21)25-12-10-24(11-13-25)23-6-3-2-4-7-23)16-19-34-26-14-8-22(9-15-26)20-30(29(32)33)17-5-18-30/h2-4,6-15H,5,16-20H2,1H3,(H,32,33). The van der Waals surface area contributed by atoms with Crippen LogP contribution in [-0.2, 0) is 17.6 Å². The van der Waals surface area contributed by atoms with Crippen LogP contribution in [-0.4, -0.2) is 22.7 Å². The van der Waals surface area contributed by atoms with Crippen LogP contribution in [0.4, 0.5) is 0 Å². The summed E-state index contributed by atoms with van der Waals surface area (Å²) in [6.07, 6.45) is 3.74. The van der Waals surface area contributed by atoms with Gasteiger partial charge in [0, 0.05) is 12.0 Å². The van der Waals surface area contributed by atoms with Gasteiger partial charge in [0.1, 0.15) is 11.5 Å². The highest BCUT2D eigenvalue weighted by Gasteiger charge is 2.44.